The Kier molecular flexibility index (Phi) is 5.90. The van der Waals surface area contributed by atoms with E-state index in [-0.39, 0.29) is 29.6 Å². The van der Waals surface area contributed by atoms with E-state index in [0.29, 0.717) is 29.3 Å². The van der Waals surface area contributed by atoms with Gasteiger partial charge < -0.3 is 9.47 Å². The number of carbonyl (C=O) groups excluding carboxylic acids is 2. The molecule has 0 bridgehead atoms. The molecule has 8 nitrogen and oxygen atoms in total. The predicted molar refractivity (Wildman–Crippen MR) is 102 cm³/mol. The van der Waals surface area contributed by atoms with E-state index < -0.39 is 11.5 Å². The summed E-state index contributed by atoms with van der Waals surface area (Å²) >= 11 is 7.71. The SMILES string of the molecule is CCOC(=O)CC1CSCC1(C(=O)OC(C)C)n1cnc2c(Cl)ncnc21. The van der Waals surface area contributed by atoms with E-state index in [1.807, 2.05) is 0 Å². The molecule has 2 aromatic heterocycles. The number of halogens is 1. The van der Waals surface area contributed by atoms with Crippen molar-refractivity contribution < 1.29 is 19.1 Å². The molecule has 3 rings (SSSR count). The molecule has 27 heavy (non-hydrogen) atoms. The number of imidazole rings is 1. The van der Waals surface area contributed by atoms with Crippen molar-refractivity contribution in [2.45, 2.75) is 38.8 Å². The summed E-state index contributed by atoms with van der Waals surface area (Å²) in [5.74, 6) is -0.0196. The summed E-state index contributed by atoms with van der Waals surface area (Å²) in [5, 5.41) is 0.207. The van der Waals surface area contributed by atoms with Crippen LogP contribution < -0.4 is 0 Å². The van der Waals surface area contributed by atoms with Gasteiger partial charge in [-0.25, -0.2) is 19.7 Å². The lowest BCUT2D eigenvalue weighted by molar-refractivity contribution is -0.160. The van der Waals surface area contributed by atoms with Crippen molar-refractivity contribution in [1.29, 1.82) is 0 Å². The van der Waals surface area contributed by atoms with E-state index in [1.165, 1.54) is 12.7 Å². The van der Waals surface area contributed by atoms with E-state index >= 15 is 0 Å². The number of aromatic nitrogens is 4. The molecule has 2 aromatic rings. The van der Waals surface area contributed by atoms with E-state index in [4.69, 9.17) is 21.1 Å². The molecule has 0 saturated carbocycles. The second kappa shape index (κ2) is 8.02. The van der Waals surface area contributed by atoms with Crippen molar-refractivity contribution in [3.05, 3.63) is 17.8 Å². The summed E-state index contributed by atoms with van der Waals surface area (Å²) < 4.78 is 12.4. The molecule has 10 heteroatoms. The Morgan fingerprint density at radius 2 is 2.19 bits per heavy atom. The van der Waals surface area contributed by atoms with Gasteiger partial charge in [0.2, 0.25) is 0 Å². The fourth-order valence-corrected chi connectivity index (χ4v) is 5.04. The number of fused-ring (bicyclic) bond motifs is 1. The van der Waals surface area contributed by atoms with Crippen LogP contribution in [-0.2, 0) is 24.6 Å². The molecule has 2 atom stereocenters. The van der Waals surface area contributed by atoms with Crippen molar-refractivity contribution in [3.63, 3.8) is 0 Å². The molecule has 0 N–H and O–H groups in total. The molecular weight excluding hydrogens is 392 g/mol. The average Bonchev–Trinajstić information content (AvgIpc) is 3.20. The van der Waals surface area contributed by atoms with Gasteiger partial charge in [-0.2, -0.15) is 11.8 Å². The highest BCUT2D eigenvalue weighted by atomic mass is 35.5. The third-order valence-corrected chi connectivity index (χ3v) is 6.01. The van der Waals surface area contributed by atoms with Crippen molar-refractivity contribution >= 4 is 46.5 Å². The van der Waals surface area contributed by atoms with Crippen LogP contribution in [0.5, 0.6) is 0 Å². The lowest BCUT2D eigenvalue weighted by Crippen LogP contribution is -2.50. The van der Waals surface area contributed by atoms with Crippen LogP contribution in [0, 0.1) is 5.92 Å². The Hall–Kier alpha value is -1.87. The maximum Gasteiger partial charge on any atom is 0.333 e. The van der Waals surface area contributed by atoms with Crippen LogP contribution in [0.1, 0.15) is 27.2 Å². The second-order valence-electron chi connectivity index (χ2n) is 6.55. The zero-order chi connectivity index (χ0) is 19.6. The molecule has 1 aliphatic heterocycles. The van der Waals surface area contributed by atoms with Crippen LogP contribution in [-0.4, -0.2) is 55.7 Å². The minimum Gasteiger partial charge on any atom is -0.466 e. The zero-order valence-corrected chi connectivity index (χ0v) is 16.9. The minimum atomic E-state index is -1.12. The number of carbonyl (C=O) groups is 2. The van der Waals surface area contributed by atoms with Crippen molar-refractivity contribution in [2.24, 2.45) is 5.92 Å². The molecule has 0 amide bonds. The van der Waals surface area contributed by atoms with Gasteiger partial charge >= 0.3 is 11.9 Å². The molecule has 0 spiro atoms. The maximum absolute atomic E-state index is 13.2. The van der Waals surface area contributed by atoms with Gasteiger partial charge in [-0.3, -0.25) is 9.36 Å². The summed E-state index contributed by atoms with van der Waals surface area (Å²) in [7, 11) is 0. The average molecular weight is 413 g/mol. The van der Waals surface area contributed by atoms with Crippen LogP contribution in [0.3, 0.4) is 0 Å². The zero-order valence-electron chi connectivity index (χ0n) is 15.3. The summed E-state index contributed by atoms with van der Waals surface area (Å²) in [6, 6.07) is 0. The van der Waals surface area contributed by atoms with Gasteiger partial charge in [0.1, 0.15) is 11.8 Å². The quantitative estimate of drug-likeness (QED) is 0.527. The Morgan fingerprint density at radius 1 is 1.41 bits per heavy atom. The van der Waals surface area contributed by atoms with Crippen molar-refractivity contribution in [1.82, 2.24) is 19.5 Å². The number of hydrogen-bond acceptors (Lipinski definition) is 8. The van der Waals surface area contributed by atoms with E-state index in [9.17, 15) is 9.59 Å². The van der Waals surface area contributed by atoms with Crippen LogP contribution >= 0.6 is 23.4 Å². The van der Waals surface area contributed by atoms with E-state index in [2.05, 4.69) is 15.0 Å². The number of hydrogen-bond donors (Lipinski definition) is 0. The fourth-order valence-electron chi connectivity index (χ4n) is 3.27. The van der Waals surface area contributed by atoms with E-state index in [0.717, 1.165) is 0 Å². The number of nitrogens with zero attached hydrogens (tertiary/aromatic N) is 4. The van der Waals surface area contributed by atoms with Gasteiger partial charge in [0.15, 0.2) is 16.3 Å². The van der Waals surface area contributed by atoms with Crippen LogP contribution in [0.15, 0.2) is 12.7 Å². The molecule has 3 heterocycles. The van der Waals surface area contributed by atoms with Gasteiger partial charge in [-0.15, -0.1) is 0 Å². The Morgan fingerprint density at radius 3 is 2.89 bits per heavy atom. The van der Waals surface area contributed by atoms with Crippen LogP contribution in [0.25, 0.3) is 11.2 Å². The predicted octanol–water partition coefficient (Wildman–Crippen LogP) is 2.44. The van der Waals surface area contributed by atoms with Gasteiger partial charge in [0, 0.05) is 11.7 Å². The summed E-state index contributed by atoms with van der Waals surface area (Å²) in [4.78, 5) is 37.9. The third-order valence-electron chi connectivity index (χ3n) is 4.45. The number of rotatable bonds is 6. The minimum absolute atomic E-state index is 0.104. The molecule has 1 fully saturated rings. The normalized spacial score (nSPS) is 22.3. The second-order valence-corrected chi connectivity index (χ2v) is 7.94. The number of ether oxygens (including phenoxy) is 2. The molecule has 0 aromatic carbocycles. The summed E-state index contributed by atoms with van der Waals surface area (Å²) in [6.07, 6.45) is 2.66. The van der Waals surface area contributed by atoms with Gasteiger partial charge in [-0.05, 0) is 26.5 Å². The molecule has 1 saturated heterocycles. The largest absolute Gasteiger partial charge is 0.466 e. The molecule has 0 radical (unpaired) electrons. The Labute approximate surface area is 166 Å². The molecule has 1 aliphatic rings. The van der Waals surface area contributed by atoms with Gasteiger partial charge in [-0.1, -0.05) is 11.6 Å². The number of esters is 2. The lowest BCUT2D eigenvalue weighted by Gasteiger charge is -2.34. The molecule has 0 aliphatic carbocycles. The summed E-state index contributed by atoms with van der Waals surface area (Å²) in [5.41, 5.74) is -0.275. The molecule has 146 valence electrons. The standard InChI is InChI=1S/C17H21ClN4O4S/c1-4-25-12(23)5-11-6-27-7-17(11,16(24)26-10(2)3)22-9-21-13-14(18)19-8-20-15(13)22/h8-11H,4-7H2,1-3H3. The summed E-state index contributed by atoms with van der Waals surface area (Å²) in [6.45, 7) is 5.63. The Bertz CT molecular complexity index is 859. The number of thioether (sulfide) groups is 1. The molecular formula is C17H21ClN4O4S. The van der Waals surface area contributed by atoms with Crippen molar-refractivity contribution in [3.8, 4) is 0 Å². The maximum atomic E-state index is 13.2. The van der Waals surface area contributed by atoms with Crippen LogP contribution in [0.2, 0.25) is 5.15 Å². The van der Waals surface area contributed by atoms with Crippen molar-refractivity contribution in [2.75, 3.05) is 18.1 Å². The van der Waals surface area contributed by atoms with Crippen LogP contribution in [0.4, 0.5) is 0 Å². The van der Waals surface area contributed by atoms with Gasteiger partial charge in [0.05, 0.1) is 25.5 Å². The smallest absolute Gasteiger partial charge is 0.333 e. The fraction of sp³-hybridized carbons (Fsp3) is 0.588. The monoisotopic (exact) mass is 412 g/mol. The third kappa shape index (κ3) is 3.62. The first kappa shape index (κ1) is 19.9. The Balaban J connectivity index is 2.11. The highest BCUT2D eigenvalue weighted by Crippen LogP contribution is 2.44. The highest BCUT2D eigenvalue weighted by molar-refractivity contribution is 7.99. The first-order chi connectivity index (χ1) is 12.9. The van der Waals surface area contributed by atoms with Gasteiger partial charge in [0.25, 0.3) is 0 Å². The highest BCUT2D eigenvalue weighted by Gasteiger charge is 2.54. The molecule has 2 unspecified atom stereocenters. The topological polar surface area (TPSA) is 96.2 Å². The first-order valence-corrected chi connectivity index (χ1v) is 10.2. The first-order valence-electron chi connectivity index (χ1n) is 8.68. The van der Waals surface area contributed by atoms with E-state index in [1.54, 1.807) is 37.1 Å². The lowest BCUT2D eigenvalue weighted by atomic mass is 9.84.